The Morgan fingerprint density at radius 2 is 1.97 bits per heavy atom. The number of nitrogens with zero attached hydrogens (tertiary/aromatic N) is 1. The number of rotatable bonds is 9. The van der Waals surface area contributed by atoms with Crippen molar-refractivity contribution in [1.29, 1.82) is 0 Å². The zero-order valence-corrected chi connectivity index (χ0v) is 17.7. The molecule has 0 N–H and O–H groups in total. The van der Waals surface area contributed by atoms with Gasteiger partial charge in [0.05, 0.1) is 7.11 Å². The molecule has 1 saturated carbocycles. The van der Waals surface area contributed by atoms with Crippen molar-refractivity contribution < 1.29 is 23.5 Å². The Morgan fingerprint density at radius 3 is 2.61 bits per heavy atom. The van der Waals surface area contributed by atoms with Crippen LogP contribution in [0.15, 0.2) is 48.5 Å². The standard InChI is InChI=1S/C25H28FNO4/c1-30-22-9-7-18(8-10-22)16-31-25(29)24(11-17-5-6-17)27-13-20(15-28)23(14-27)19-3-2-4-21(26)12-19/h2-4,7-10,12,15,17,20,23-24H,5-6,11,13-14,16H2,1H3/t20-,23-,24-/m1/s1. The Morgan fingerprint density at radius 1 is 1.19 bits per heavy atom. The van der Waals surface area contributed by atoms with Crippen LogP contribution in [-0.4, -0.2) is 43.4 Å². The third kappa shape index (κ3) is 5.31. The van der Waals surface area contributed by atoms with Crippen LogP contribution >= 0.6 is 0 Å². The largest absolute Gasteiger partial charge is 0.497 e. The molecule has 0 unspecified atom stereocenters. The van der Waals surface area contributed by atoms with Crippen LogP contribution < -0.4 is 4.74 Å². The van der Waals surface area contributed by atoms with Crippen LogP contribution in [0.3, 0.4) is 0 Å². The van der Waals surface area contributed by atoms with Gasteiger partial charge < -0.3 is 14.3 Å². The van der Waals surface area contributed by atoms with E-state index in [2.05, 4.69) is 4.90 Å². The van der Waals surface area contributed by atoms with Crippen LogP contribution in [0.2, 0.25) is 0 Å². The molecule has 2 aromatic rings. The van der Waals surface area contributed by atoms with Gasteiger partial charge in [0.25, 0.3) is 0 Å². The maximum atomic E-state index is 13.7. The van der Waals surface area contributed by atoms with Crippen LogP contribution in [0, 0.1) is 17.7 Å². The summed E-state index contributed by atoms with van der Waals surface area (Å²) >= 11 is 0. The summed E-state index contributed by atoms with van der Waals surface area (Å²) in [6, 6.07) is 13.5. The maximum Gasteiger partial charge on any atom is 0.323 e. The molecule has 6 heteroatoms. The smallest absolute Gasteiger partial charge is 0.323 e. The highest BCUT2D eigenvalue weighted by atomic mass is 19.1. The molecule has 1 aliphatic carbocycles. The molecule has 5 nitrogen and oxygen atoms in total. The fraction of sp³-hybridized carbons (Fsp3) is 0.440. The topological polar surface area (TPSA) is 55.8 Å². The number of likely N-dealkylation sites (tertiary alicyclic amines) is 1. The molecule has 0 radical (unpaired) electrons. The van der Waals surface area contributed by atoms with E-state index in [-0.39, 0.29) is 36.3 Å². The van der Waals surface area contributed by atoms with E-state index >= 15 is 0 Å². The highest BCUT2D eigenvalue weighted by Gasteiger charge is 2.42. The van der Waals surface area contributed by atoms with Gasteiger partial charge in [0, 0.05) is 24.9 Å². The van der Waals surface area contributed by atoms with Crippen molar-refractivity contribution in [3.63, 3.8) is 0 Å². The van der Waals surface area contributed by atoms with Gasteiger partial charge in [0.2, 0.25) is 0 Å². The minimum Gasteiger partial charge on any atom is -0.497 e. The third-order valence-corrected chi connectivity index (χ3v) is 6.35. The highest BCUT2D eigenvalue weighted by molar-refractivity contribution is 5.76. The van der Waals surface area contributed by atoms with Gasteiger partial charge in [0.15, 0.2) is 0 Å². The highest BCUT2D eigenvalue weighted by Crippen LogP contribution is 2.39. The van der Waals surface area contributed by atoms with Gasteiger partial charge in [0.1, 0.15) is 30.5 Å². The number of esters is 1. The number of carbonyl (C=O) groups is 2. The first-order valence-corrected chi connectivity index (χ1v) is 10.8. The zero-order chi connectivity index (χ0) is 21.8. The van der Waals surface area contributed by atoms with Crippen molar-refractivity contribution in [2.75, 3.05) is 20.2 Å². The summed E-state index contributed by atoms with van der Waals surface area (Å²) in [4.78, 5) is 26.9. The summed E-state index contributed by atoms with van der Waals surface area (Å²) in [6.45, 7) is 1.23. The maximum absolute atomic E-state index is 13.7. The van der Waals surface area contributed by atoms with Gasteiger partial charge in [-0.2, -0.15) is 0 Å². The first-order chi connectivity index (χ1) is 15.1. The summed E-state index contributed by atoms with van der Waals surface area (Å²) < 4.78 is 24.6. The molecule has 2 fully saturated rings. The van der Waals surface area contributed by atoms with Gasteiger partial charge in [-0.1, -0.05) is 37.1 Å². The minimum absolute atomic E-state index is 0.121. The van der Waals surface area contributed by atoms with Gasteiger partial charge in [-0.05, 0) is 47.7 Å². The Hall–Kier alpha value is -2.73. The van der Waals surface area contributed by atoms with Crippen LogP contribution in [0.4, 0.5) is 4.39 Å². The fourth-order valence-corrected chi connectivity index (χ4v) is 4.38. The number of aldehydes is 1. The van der Waals surface area contributed by atoms with Crippen LogP contribution in [0.5, 0.6) is 5.75 Å². The van der Waals surface area contributed by atoms with E-state index in [4.69, 9.17) is 9.47 Å². The van der Waals surface area contributed by atoms with E-state index in [1.54, 1.807) is 13.2 Å². The number of ether oxygens (including phenoxy) is 2. The summed E-state index contributed by atoms with van der Waals surface area (Å²) in [5, 5.41) is 0. The van der Waals surface area contributed by atoms with E-state index < -0.39 is 0 Å². The first-order valence-electron chi connectivity index (χ1n) is 10.8. The molecule has 0 aromatic heterocycles. The Kier molecular flexibility index (Phi) is 6.66. The molecule has 0 bridgehead atoms. The second-order valence-corrected chi connectivity index (χ2v) is 8.57. The molecule has 0 spiro atoms. The van der Waals surface area contributed by atoms with Crippen LogP contribution in [-0.2, 0) is 20.9 Å². The predicted octanol–water partition coefficient (Wildman–Crippen LogP) is 3.96. The number of carbonyl (C=O) groups excluding carboxylic acids is 2. The molecule has 2 aromatic carbocycles. The SMILES string of the molecule is COc1ccc(COC(=O)[C@@H](CC2CC2)N2C[C@H](c3cccc(F)c3)[C@@H](C=O)C2)cc1. The molecule has 1 heterocycles. The third-order valence-electron chi connectivity index (χ3n) is 6.35. The minimum atomic E-state index is -0.383. The molecule has 0 amide bonds. The van der Waals surface area contributed by atoms with E-state index in [9.17, 15) is 14.0 Å². The van der Waals surface area contributed by atoms with E-state index in [1.807, 2.05) is 30.3 Å². The second kappa shape index (κ2) is 9.60. The van der Waals surface area contributed by atoms with Crippen molar-refractivity contribution in [2.24, 2.45) is 11.8 Å². The second-order valence-electron chi connectivity index (χ2n) is 8.57. The number of hydrogen-bond acceptors (Lipinski definition) is 5. The van der Waals surface area contributed by atoms with Crippen molar-refractivity contribution in [1.82, 2.24) is 4.90 Å². The van der Waals surface area contributed by atoms with Gasteiger partial charge in [-0.15, -0.1) is 0 Å². The van der Waals surface area contributed by atoms with Crippen molar-refractivity contribution in [3.05, 3.63) is 65.5 Å². The molecule has 1 saturated heterocycles. The lowest BCUT2D eigenvalue weighted by atomic mass is 9.90. The van der Waals surface area contributed by atoms with Crippen molar-refractivity contribution >= 4 is 12.3 Å². The normalized spacial score (nSPS) is 22.1. The fourth-order valence-electron chi connectivity index (χ4n) is 4.38. The Labute approximate surface area is 182 Å². The van der Waals surface area contributed by atoms with Gasteiger partial charge in [-0.3, -0.25) is 9.69 Å². The number of halogens is 1. The lowest BCUT2D eigenvalue weighted by molar-refractivity contribution is -0.151. The van der Waals surface area contributed by atoms with E-state index in [0.29, 0.717) is 19.0 Å². The van der Waals surface area contributed by atoms with Crippen molar-refractivity contribution in [2.45, 2.75) is 37.8 Å². The van der Waals surface area contributed by atoms with Crippen molar-refractivity contribution in [3.8, 4) is 5.75 Å². The molecule has 2 aliphatic rings. The average Bonchev–Trinajstić information content (AvgIpc) is 3.52. The zero-order valence-electron chi connectivity index (χ0n) is 17.7. The van der Waals surface area contributed by atoms with Crippen LogP contribution in [0.25, 0.3) is 0 Å². The number of methoxy groups -OCH3 is 1. The number of benzene rings is 2. The van der Waals surface area contributed by atoms with Gasteiger partial charge in [-0.25, -0.2) is 4.39 Å². The average molecular weight is 426 g/mol. The van der Waals surface area contributed by atoms with Crippen LogP contribution in [0.1, 0.15) is 36.3 Å². The quantitative estimate of drug-likeness (QED) is 0.450. The Bertz CT molecular complexity index is 912. The molecular weight excluding hydrogens is 397 g/mol. The monoisotopic (exact) mass is 425 g/mol. The first kappa shape index (κ1) is 21.5. The molecule has 1 aliphatic heterocycles. The molecule has 3 atom stereocenters. The van der Waals surface area contributed by atoms with E-state index in [0.717, 1.165) is 42.4 Å². The molecule has 164 valence electrons. The number of hydrogen-bond donors (Lipinski definition) is 0. The molecule has 31 heavy (non-hydrogen) atoms. The molecule has 4 rings (SSSR count). The van der Waals surface area contributed by atoms with Gasteiger partial charge >= 0.3 is 5.97 Å². The summed E-state index contributed by atoms with van der Waals surface area (Å²) in [5.74, 6) is 0.326. The summed E-state index contributed by atoms with van der Waals surface area (Å²) in [6.07, 6.45) is 3.93. The molecular formula is C25H28FNO4. The summed E-state index contributed by atoms with van der Waals surface area (Å²) in [7, 11) is 1.61. The van der Waals surface area contributed by atoms with E-state index in [1.165, 1.54) is 12.1 Å². The Balaban J connectivity index is 1.45. The lowest BCUT2D eigenvalue weighted by Crippen LogP contribution is -2.41. The lowest BCUT2D eigenvalue weighted by Gasteiger charge is -2.26. The summed E-state index contributed by atoms with van der Waals surface area (Å²) in [5.41, 5.74) is 1.69. The predicted molar refractivity (Wildman–Crippen MR) is 114 cm³/mol.